The number of nitriles is 1. The first kappa shape index (κ1) is 18.5. The van der Waals surface area contributed by atoms with Gasteiger partial charge in [0.1, 0.15) is 17.4 Å². The van der Waals surface area contributed by atoms with Crippen LogP contribution >= 0.6 is 0 Å². The molecular formula is C22H23FN4O. The molecule has 0 radical (unpaired) electrons. The Hall–Kier alpha value is -2.91. The third kappa shape index (κ3) is 3.58. The summed E-state index contributed by atoms with van der Waals surface area (Å²) in [6, 6.07) is 14.8. The molecular weight excluding hydrogens is 355 g/mol. The molecule has 1 amide bonds. The molecule has 0 aliphatic carbocycles. The SMILES string of the molecule is N#Cc1c(F)cccc1N1CCN(CCC(=O)N2CCc3ccccc32)CC1. The Labute approximate surface area is 164 Å². The van der Waals surface area contributed by atoms with Gasteiger partial charge >= 0.3 is 0 Å². The Balaban J connectivity index is 1.31. The van der Waals surface area contributed by atoms with Crippen molar-refractivity contribution >= 4 is 17.3 Å². The van der Waals surface area contributed by atoms with Gasteiger partial charge < -0.3 is 9.80 Å². The molecule has 5 nitrogen and oxygen atoms in total. The Morgan fingerprint density at radius 3 is 2.54 bits per heavy atom. The molecule has 2 aliphatic heterocycles. The van der Waals surface area contributed by atoms with Crippen molar-refractivity contribution in [2.24, 2.45) is 0 Å². The average Bonchev–Trinajstić information content (AvgIpc) is 3.16. The molecule has 0 unspecified atom stereocenters. The second kappa shape index (κ2) is 7.99. The van der Waals surface area contributed by atoms with Crippen LogP contribution in [0.3, 0.4) is 0 Å². The summed E-state index contributed by atoms with van der Waals surface area (Å²) in [6.07, 6.45) is 1.42. The predicted octanol–water partition coefficient (Wildman–Crippen LogP) is 2.80. The first-order valence-electron chi connectivity index (χ1n) is 9.71. The molecule has 4 rings (SSSR count). The standard InChI is InChI=1S/C22H23FN4O/c23-19-5-3-7-21(18(19)16-24)26-14-12-25(13-15-26)10-9-22(28)27-11-8-17-4-1-2-6-20(17)27/h1-7H,8-15H2. The zero-order valence-electron chi connectivity index (χ0n) is 15.8. The highest BCUT2D eigenvalue weighted by atomic mass is 19.1. The van der Waals surface area contributed by atoms with Crippen LogP contribution in [0, 0.1) is 17.1 Å². The van der Waals surface area contributed by atoms with E-state index in [1.807, 2.05) is 29.2 Å². The van der Waals surface area contributed by atoms with Crippen molar-refractivity contribution in [1.29, 1.82) is 5.26 Å². The maximum absolute atomic E-state index is 13.8. The molecule has 144 valence electrons. The van der Waals surface area contributed by atoms with E-state index in [-0.39, 0.29) is 11.5 Å². The van der Waals surface area contributed by atoms with Gasteiger partial charge in [-0.2, -0.15) is 5.26 Å². The fourth-order valence-electron chi connectivity index (χ4n) is 4.09. The molecule has 6 heteroatoms. The normalized spacial score (nSPS) is 16.7. The van der Waals surface area contributed by atoms with Gasteiger partial charge in [-0.15, -0.1) is 0 Å². The van der Waals surface area contributed by atoms with E-state index >= 15 is 0 Å². The highest BCUT2D eigenvalue weighted by Crippen LogP contribution is 2.28. The predicted molar refractivity (Wildman–Crippen MR) is 107 cm³/mol. The van der Waals surface area contributed by atoms with Gasteiger partial charge in [-0.3, -0.25) is 9.69 Å². The molecule has 0 spiro atoms. The van der Waals surface area contributed by atoms with Crippen LogP contribution in [0.1, 0.15) is 17.5 Å². The summed E-state index contributed by atoms with van der Waals surface area (Å²) in [7, 11) is 0. The maximum Gasteiger partial charge on any atom is 0.228 e. The van der Waals surface area contributed by atoms with Crippen LogP contribution in [0.2, 0.25) is 0 Å². The molecule has 0 atom stereocenters. The third-order valence-electron chi connectivity index (χ3n) is 5.65. The van der Waals surface area contributed by atoms with Crippen molar-refractivity contribution in [3.05, 3.63) is 59.4 Å². The van der Waals surface area contributed by atoms with Gasteiger partial charge in [-0.1, -0.05) is 24.3 Å². The minimum absolute atomic E-state index is 0.110. The van der Waals surface area contributed by atoms with Gasteiger partial charge in [0.25, 0.3) is 0 Å². The average molecular weight is 378 g/mol. The van der Waals surface area contributed by atoms with Gasteiger partial charge in [0.15, 0.2) is 0 Å². The number of benzene rings is 2. The molecule has 2 aromatic carbocycles. The van der Waals surface area contributed by atoms with Gasteiger partial charge in [0, 0.05) is 51.4 Å². The maximum atomic E-state index is 13.8. The number of amides is 1. The zero-order valence-corrected chi connectivity index (χ0v) is 15.8. The molecule has 1 saturated heterocycles. The second-order valence-corrected chi connectivity index (χ2v) is 7.25. The van der Waals surface area contributed by atoms with Crippen molar-refractivity contribution in [3.63, 3.8) is 0 Å². The monoisotopic (exact) mass is 378 g/mol. The highest BCUT2D eigenvalue weighted by molar-refractivity contribution is 5.95. The summed E-state index contributed by atoms with van der Waals surface area (Å²) in [4.78, 5) is 18.9. The van der Waals surface area contributed by atoms with E-state index in [1.54, 1.807) is 12.1 Å². The van der Waals surface area contributed by atoms with Crippen LogP contribution in [-0.2, 0) is 11.2 Å². The van der Waals surface area contributed by atoms with Crippen molar-refractivity contribution in [1.82, 2.24) is 4.90 Å². The van der Waals surface area contributed by atoms with Crippen LogP contribution in [0.25, 0.3) is 0 Å². The lowest BCUT2D eigenvalue weighted by Gasteiger charge is -2.36. The first-order valence-corrected chi connectivity index (χ1v) is 9.71. The number of piperazine rings is 1. The third-order valence-corrected chi connectivity index (χ3v) is 5.65. The Morgan fingerprint density at radius 2 is 1.75 bits per heavy atom. The largest absolute Gasteiger partial charge is 0.368 e. The van der Waals surface area contributed by atoms with Gasteiger partial charge in [-0.25, -0.2) is 4.39 Å². The molecule has 1 fully saturated rings. The quantitative estimate of drug-likeness (QED) is 0.821. The van der Waals surface area contributed by atoms with Crippen LogP contribution in [-0.4, -0.2) is 50.1 Å². The fourth-order valence-corrected chi connectivity index (χ4v) is 4.09. The number of nitrogens with zero attached hydrogens (tertiary/aromatic N) is 4. The van der Waals surface area contributed by atoms with Crippen molar-refractivity contribution < 1.29 is 9.18 Å². The van der Waals surface area contributed by atoms with Gasteiger partial charge in [0.05, 0.1) is 5.69 Å². The number of hydrogen-bond acceptors (Lipinski definition) is 4. The fraction of sp³-hybridized carbons (Fsp3) is 0.364. The lowest BCUT2D eigenvalue weighted by molar-refractivity contribution is -0.118. The number of rotatable bonds is 4. The summed E-state index contributed by atoms with van der Waals surface area (Å²) in [6.45, 7) is 4.52. The van der Waals surface area contributed by atoms with E-state index in [1.165, 1.54) is 11.6 Å². The topological polar surface area (TPSA) is 50.6 Å². The van der Waals surface area contributed by atoms with Crippen molar-refractivity contribution in [3.8, 4) is 6.07 Å². The van der Waals surface area contributed by atoms with Crippen LogP contribution in [0.4, 0.5) is 15.8 Å². The van der Waals surface area contributed by atoms with Gasteiger partial charge in [0.2, 0.25) is 5.91 Å². The van der Waals surface area contributed by atoms with E-state index in [9.17, 15) is 14.4 Å². The number of carbonyl (C=O) groups excluding carboxylic acids is 1. The lowest BCUT2D eigenvalue weighted by atomic mass is 10.1. The first-order chi connectivity index (χ1) is 13.7. The van der Waals surface area contributed by atoms with E-state index < -0.39 is 5.82 Å². The summed E-state index contributed by atoms with van der Waals surface area (Å²) >= 11 is 0. The lowest BCUT2D eigenvalue weighted by Crippen LogP contribution is -2.47. The molecule has 2 heterocycles. The molecule has 0 N–H and O–H groups in total. The van der Waals surface area contributed by atoms with Crippen LogP contribution in [0.15, 0.2) is 42.5 Å². The number of hydrogen-bond donors (Lipinski definition) is 0. The second-order valence-electron chi connectivity index (χ2n) is 7.25. The van der Waals surface area contributed by atoms with Gasteiger partial charge in [-0.05, 0) is 30.2 Å². The minimum atomic E-state index is -0.473. The molecule has 0 aromatic heterocycles. The van der Waals surface area contributed by atoms with Crippen molar-refractivity contribution in [2.75, 3.05) is 49.1 Å². The summed E-state index contributed by atoms with van der Waals surface area (Å²) in [5.41, 5.74) is 3.06. The minimum Gasteiger partial charge on any atom is -0.368 e. The van der Waals surface area contributed by atoms with Crippen molar-refractivity contribution in [2.45, 2.75) is 12.8 Å². The van der Waals surface area contributed by atoms with E-state index in [0.717, 1.165) is 51.4 Å². The molecule has 2 aromatic rings. The number of para-hydroxylation sites is 1. The molecule has 2 aliphatic rings. The van der Waals surface area contributed by atoms with E-state index in [2.05, 4.69) is 15.9 Å². The Bertz CT molecular complexity index is 915. The number of halogens is 1. The number of carbonyl (C=O) groups is 1. The van der Waals surface area contributed by atoms with E-state index in [4.69, 9.17) is 0 Å². The highest BCUT2D eigenvalue weighted by Gasteiger charge is 2.25. The summed E-state index contributed by atoms with van der Waals surface area (Å²) in [5, 5.41) is 9.23. The van der Waals surface area contributed by atoms with Crippen LogP contribution < -0.4 is 9.80 Å². The smallest absolute Gasteiger partial charge is 0.228 e. The van der Waals surface area contributed by atoms with E-state index in [0.29, 0.717) is 12.1 Å². The summed E-state index contributed by atoms with van der Waals surface area (Å²) < 4.78 is 13.8. The number of anilines is 2. The molecule has 28 heavy (non-hydrogen) atoms. The number of fused-ring (bicyclic) bond motifs is 1. The molecule has 0 saturated carbocycles. The Kier molecular flexibility index (Phi) is 5.27. The van der Waals surface area contributed by atoms with Crippen LogP contribution in [0.5, 0.6) is 0 Å². The molecule has 0 bridgehead atoms. The summed E-state index contributed by atoms with van der Waals surface area (Å²) in [5.74, 6) is -0.303. The zero-order chi connectivity index (χ0) is 19.5. The Morgan fingerprint density at radius 1 is 1.00 bits per heavy atom.